The van der Waals surface area contributed by atoms with Crippen LogP contribution in [-0.4, -0.2) is 67.5 Å². The normalized spacial score (nSPS) is 15.2. The predicted molar refractivity (Wildman–Crippen MR) is 147 cm³/mol. The molecule has 2 rings (SSSR count). The van der Waals surface area contributed by atoms with Crippen LogP contribution in [0.5, 0.6) is 0 Å². The van der Waals surface area contributed by atoms with Crippen molar-refractivity contribution in [3.63, 3.8) is 0 Å². The number of amides is 5. The van der Waals surface area contributed by atoms with Crippen LogP contribution in [0.1, 0.15) is 46.5 Å². The Morgan fingerprint density at radius 1 is 0.718 bits per heavy atom. The Labute approximate surface area is 229 Å². The first kappa shape index (κ1) is 31.3. The van der Waals surface area contributed by atoms with Gasteiger partial charge in [-0.15, -0.1) is 0 Å². The first-order valence-electron chi connectivity index (χ1n) is 13.3. The topological polar surface area (TPSA) is 155 Å². The standard InChI is InChI=1S/C28H41N5O6/c1-28(2,3)39-27(38)33-22(26(37)32-19-9-18-31-25(36)21-12-6-7-13-21)14-15-23(34)29-16-8-17-30-24(35)20-10-4-5-11-20/h4-7,10-13,20-22H,8-9,14-19H2,1-3H3,(H,29,34)(H,30,35)(H,31,36)(H,32,37)(H,33,38)/t22-/m1/s1. The lowest BCUT2D eigenvalue weighted by atomic mass is 10.1. The summed E-state index contributed by atoms with van der Waals surface area (Å²) in [5, 5.41) is 13.7. The highest BCUT2D eigenvalue weighted by molar-refractivity contribution is 5.87. The Bertz CT molecular complexity index is 971. The molecule has 0 heterocycles. The maximum Gasteiger partial charge on any atom is 0.408 e. The summed E-state index contributed by atoms with van der Waals surface area (Å²) in [6, 6.07) is -0.972. The van der Waals surface area contributed by atoms with Crippen LogP contribution in [0.3, 0.4) is 0 Å². The Morgan fingerprint density at radius 3 is 1.67 bits per heavy atom. The number of nitrogens with one attached hydrogen (secondary N) is 5. The molecule has 0 radical (unpaired) electrons. The molecule has 11 heteroatoms. The summed E-state index contributed by atoms with van der Waals surface area (Å²) in [7, 11) is 0. The molecule has 39 heavy (non-hydrogen) atoms. The quantitative estimate of drug-likeness (QED) is 0.197. The minimum atomic E-state index is -0.972. The van der Waals surface area contributed by atoms with Gasteiger partial charge in [0.2, 0.25) is 23.6 Å². The van der Waals surface area contributed by atoms with Crippen molar-refractivity contribution in [3.05, 3.63) is 48.6 Å². The van der Waals surface area contributed by atoms with Crippen LogP contribution >= 0.6 is 0 Å². The van der Waals surface area contributed by atoms with Gasteiger partial charge in [0.25, 0.3) is 0 Å². The molecule has 0 aromatic heterocycles. The number of ether oxygens (including phenoxy) is 1. The molecule has 0 aliphatic heterocycles. The summed E-state index contributed by atoms with van der Waals surface area (Å²) in [5.41, 5.74) is -0.746. The average molecular weight is 544 g/mol. The molecule has 0 fully saturated rings. The SMILES string of the molecule is CC(C)(C)OC(=O)N[C@H](CCC(=O)NCCCNC(=O)C1C=CC=C1)C(=O)NCCCNC(=O)C1C=CC=C1. The van der Waals surface area contributed by atoms with E-state index in [0.717, 1.165) is 0 Å². The summed E-state index contributed by atoms with van der Waals surface area (Å²) in [5.74, 6) is -1.42. The maximum atomic E-state index is 12.8. The van der Waals surface area contributed by atoms with Gasteiger partial charge in [-0.2, -0.15) is 0 Å². The van der Waals surface area contributed by atoms with E-state index in [1.54, 1.807) is 45.1 Å². The van der Waals surface area contributed by atoms with Crippen molar-refractivity contribution < 1.29 is 28.7 Å². The fourth-order valence-corrected chi connectivity index (χ4v) is 3.69. The molecule has 0 unspecified atom stereocenters. The Kier molecular flexibility index (Phi) is 13.0. The molecule has 5 amide bonds. The average Bonchev–Trinajstić information content (AvgIpc) is 3.59. The third-order valence-electron chi connectivity index (χ3n) is 5.70. The van der Waals surface area contributed by atoms with E-state index in [9.17, 15) is 24.0 Å². The number of hydrogen-bond donors (Lipinski definition) is 5. The molecule has 0 bridgehead atoms. The van der Waals surface area contributed by atoms with Gasteiger partial charge in [0.15, 0.2) is 0 Å². The Morgan fingerprint density at radius 2 is 1.18 bits per heavy atom. The first-order chi connectivity index (χ1) is 18.5. The number of rotatable bonds is 15. The highest BCUT2D eigenvalue weighted by Crippen LogP contribution is 2.10. The number of carbonyl (C=O) groups excluding carboxylic acids is 5. The van der Waals surface area contributed by atoms with E-state index in [4.69, 9.17) is 4.74 Å². The molecular formula is C28H41N5O6. The molecule has 5 N–H and O–H groups in total. The van der Waals surface area contributed by atoms with Crippen LogP contribution in [0.15, 0.2) is 48.6 Å². The van der Waals surface area contributed by atoms with Gasteiger partial charge in [0.1, 0.15) is 11.6 Å². The molecule has 0 spiro atoms. The van der Waals surface area contributed by atoms with Crippen molar-refractivity contribution in [1.29, 1.82) is 0 Å². The monoisotopic (exact) mass is 543 g/mol. The zero-order valence-corrected chi connectivity index (χ0v) is 23.0. The number of carbonyl (C=O) groups is 5. The maximum absolute atomic E-state index is 12.8. The van der Waals surface area contributed by atoms with E-state index in [-0.39, 0.29) is 48.9 Å². The zero-order chi connectivity index (χ0) is 28.7. The fourth-order valence-electron chi connectivity index (χ4n) is 3.69. The van der Waals surface area contributed by atoms with E-state index in [1.165, 1.54) is 0 Å². The molecular weight excluding hydrogens is 502 g/mol. The van der Waals surface area contributed by atoms with Gasteiger partial charge in [-0.05, 0) is 40.0 Å². The van der Waals surface area contributed by atoms with Crippen LogP contribution in [-0.2, 0) is 23.9 Å². The van der Waals surface area contributed by atoms with Gasteiger partial charge in [0, 0.05) is 32.6 Å². The summed E-state index contributed by atoms with van der Waals surface area (Å²) in [6.07, 6.45) is 14.9. The number of allylic oxidation sites excluding steroid dienone is 4. The van der Waals surface area contributed by atoms with Crippen molar-refractivity contribution in [3.8, 4) is 0 Å². The Hall–Kier alpha value is -3.89. The van der Waals surface area contributed by atoms with Crippen LogP contribution in [0, 0.1) is 11.8 Å². The Balaban J connectivity index is 1.70. The molecule has 214 valence electrons. The molecule has 0 aromatic carbocycles. The smallest absolute Gasteiger partial charge is 0.408 e. The third kappa shape index (κ3) is 13.0. The lowest BCUT2D eigenvalue weighted by molar-refractivity contribution is -0.124. The van der Waals surface area contributed by atoms with Gasteiger partial charge < -0.3 is 31.3 Å². The summed E-state index contributed by atoms with van der Waals surface area (Å²) in [6.45, 7) is 6.60. The molecule has 11 nitrogen and oxygen atoms in total. The summed E-state index contributed by atoms with van der Waals surface area (Å²) < 4.78 is 5.26. The molecule has 2 aliphatic carbocycles. The zero-order valence-electron chi connectivity index (χ0n) is 23.0. The molecule has 0 aromatic rings. The molecule has 2 aliphatic rings. The number of alkyl carbamates (subject to hydrolysis) is 1. The second-order valence-electron chi connectivity index (χ2n) is 10.3. The van der Waals surface area contributed by atoms with E-state index in [2.05, 4.69) is 26.6 Å². The fraction of sp³-hybridized carbons (Fsp3) is 0.536. The molecule has 0 saturated carbocycles. The van der Waals surface area contributed by atoms with Crippen molar-refractivity contribution in [2.45, 2.75) is 58.1 Å². The van der Waals surface area contributed by atoms with Crippen molar-refractivity contribution in [2.24, 2.45) is 11.8 Å². The van der Waals surface area contributed by atoms with Gasteiger partial charge in [-0.3, -0.25) is 19.2 Å². The predicted octanol–water partition coefficient (Wildman–Crippen LogP) is 1.39. The van der Waals surface area contributed by atoms with Crippen LogP contribution < -0.4 is 26.6 Å². The number of hydrogen-bond acceptors (Lipinski definition) is 6. The van der Waals surface area contributed by atoms with E-state index >= 15 is 0 Å². The van der Waals surface area contributed by atoms with Gasteiger partial charge >= 0.3 is 6.09 Å². The van der Waals surface area contributed by atoms with Crippen molar-refractivity contribution >= 4 is 29.7 Å². The second-order valence-corrected chi connectivity index (χ2v) is 10.3. The lowest BCUT2D eigenvalue weighted by Crippen LogP contribution is -2.49. The minimum Gasteiger partial charge on any atom is -0.444 e. The van der Waals surface area contributed by atoms with Crippen LogP contribution in [0.2, 0.25) is 0 Å². The second kappa shape index (κ2) is 16.2. The van der Waals surface area contributed by atoms with Gasteiger partial charge in [-0.1, -0.05) is 48.6 Å². The minimum absolute atomic E-state index is 0.0103. The van der Waals surface area contributed by atoms with Crippen molar-refractivity contribution in [2.75, 3.05) is 26.2 Å². The molecule has 0 saturated heterocycles. The van der Waals surface area contributed by atoms with Gasteiger partial charge in [0.05, 0.1) is 11.8 Å². The molecule has 1 atom stereocenters. The van der Waals surface area contributed by atoms with Crippen LogP contribution in [0.25, 0.3) is 0 Å². The van der Waals surface area contributed by atoms with E-state index in [1.807, 2.05) is 24.3 Å². The highest BCUT2D eigenvalue weighted by atomic mass is 16.6. The summed E-state index contributed by atoms with van der Waals surface area (Å²) in [4.78, 5) is 61.3. The van der Waals surface area contributed by atoms with Crippen LogP contribution in [0.4, 0.5) is 4.79 Å². The lowest BCUT2D eigenvalue weighted by Gasteiger charge is -2.23. The van der Waals surface area contributed by atoms with E-state index < -0.39 is 23.6 Å². The largest absolute Gasteiger partial charge is 0.444 e. The summed E-state index contributed by atoms with van der Waals surface area (Å²) >= 11 is 0. The first-order valence-corrected chi connectivity index (χ1v) is 13.3. The van der Waals surface area contributed by atoms with Gasteiger partial charge in [-0.25, -0.2) is 4.79 Å². The highest BCUT2D eigenvalue weighted by Gasteiger charge is 2.25. The third-order valence-corrected chi connectivity index (χ3v) is 5.70. The van der Waals surface area contributed by atoms with E-state index in [0.29, 0.717) is 32.5 Å². The van der Waals surface area contributed by atoms with Crippen molar-refractivity contribution in [1.82, 2.24) is 26.6 Å².